The molecule has 120 valence electrons. The quantitative estimate of drug-likeness (QED) is 0.883. The van der Waals surface area contributed by atoms with Crippen molar-refractivity contribution in [2.75, 3.05) is 0 Å². The van der Waals surface area contributed by atoms with E-state index in [0.29, 0.717) is 33.5 Å². The zero-order chi connectivity index (χ0) is 16.0. The predicted octanol–water partition coefficient (Wildman–Crippen LogP) is 3.88. The van der Waals surface area contributed by atoms with Crippen molar-refractivity contribution in [3.8, 4) is 11.3 Å². The van der Waals surface area contributed by atoms with Crippen molar-refractivity contribution in [1.82, 2.24) is 10.6 Å². The SMILES string of the molecule is O=C(NC1CC2CCC1N2)c1ccc(-c2c(Cl)cccc2Cl)o1. The highest BCUT2D eigenvalue weighted by molar-refractivity contribution is 6.39. The molecule has 2 aliphatic heterocycles. The number of fused-ring (bicyclic) bond motifs is 2. The van der Waals surface area contributed by atoms with Crippen LogP contribution in [-0.4, -0.2) is 24.0 Å². The van der Waals surface area contributed by atoms with Crippen LogP contribution in [0.4, 0.5) is 0 Å². The molecule has 3 atom stereocenters. The largest absolute Gasteiger partial charge is 0.451 e. The van der Waals surface area contributed by atoms with Crippen molar-refractivity contribution in [2.45, 2.75) is 37.4 Å². The van der Waals surface area contributed by atoms with Gasteiger partial charge in [-0.2, -0.15) is 0 Å². The number of carbonyl (C=O) groups is 1. The Bertz CT molecular complexity index is 739. The van der Waals surface area contributed by atoms with Gasteiger partial charge in [0.05, 0.1) is 15.6 Å². The molecule has 2 fully saturated rings. The number of nitrogens with one attached hydrogen (secondary N) is 2. The molecule has 2 aromatic rings. The van der Waals surface area contributed by atoms with Crippen molar-refractivity contribution >= 4 is 29.1 Å². The number of hydrogen-bond acceptors (Lipinski definition) is 3. The van der Waals surface area contributed by atoms with Gasteiger partial charge in [0, 0.05) is 18.1 Å². The number of amides is 1. The van der Waals surface area contributed by atoms with Crippen LogP contribution in [-0.2, 0) is 0 Å². The van der Waals surface area contributed by atoms with E-state index in [2.05, 4.69) is 10.6 Å². The summed E-state index contributed by atoms with van der Waals surface area (Å²) in [4.78, 5) is 12.4. The van der Waals surface area contributed by atoms with Gasteiger partial charge in [0.25, 0.3) is 5.91 Å². The second kappa shape index (κ2) is 5.86. The van der Waals surface area contributed by atoms with E-state index in [0.717, 1.165) is 12.8 Å². The number of hydrogen-bond donors (Lipinski definition) is 2. The van der Waals surface area contributed by atoms with E-state index in [4.69, 9.17) is 27.6 Å². The Morgan fingerprint density at radius 2 is 1.96 bits per heavy atom. The van der Waals surface area contributed by atoms with Crippen LogP contribution in [0.25, 0.3) is 11.3 Å². The number of benzene rings is 1. The first-order chi connectivity index (χ1) is 11.1. The maximum atomic E-state index is 12.4. The zero-order valence-electron chi connectivity index (χ0n) is 12.3. The van der Waals surface area contributed by atoms with E-state index in [9.17, 15) is 4.79 Å². The molecule has 0 aliphatic carbocycles. The van der Waals surface area contributed by atoms with E-state index < -0.39 is 0 Å². The summed E-state index contributed by atoms with van der Waals surface area (Å²) in [7, 11) is 0. The Morgan fingerprint density at radius 1 is 1.17 bits per heavy atom. The van der Waals surface area contributed by atoms with Gasteiger partial charge in [-0.15, -0.1) is 0 Å². The summed E-state index contributed by atoms with van der Waals surface area (Å²) in [6.45, 7) is 0. The first-order valence-electron chi connectivity index (χ1n) is 7.73. The number of carbonyl (C=O) groups excluding carboxylic acids is 1. The van der Waals surface area contributed by atoms with Crippen molar-refractivity contribution in [2.24, 2.45) is 0 Å². The summed E-state index contributed by atoms with van der Waals surface area (Å²) >= 11 is 12.4. The minimum atomic E-state index is -0.196. The second-order valence-electron chi connectivity index (χ2n) is 6.12. The first kappa shape index (κ1) is 15.1. The average molecular weight is 351 g/mol. The highest BCUT2D eigenvalue weighted by atomic mass is 35.5. The van der Waals surface area contributed by atoms with Crippen molar-refractivity contribution in [3.63, 3.8) is 0 Å². The lowest BCUT2D eigenvalue weighted by atomic mass is 9.95. The summed E-state index contributed by atoms with van der Waals surface area (Å²) in [6.07, 6.45) is 3.31. The molecule has 6 heteroatoms. The van der Waals surface area contributed by atoms with Crippen LogP contribution in [0.5, 0.6) is 0 Å². The highest BCUT2D eigenvalue weighted by Crippen LogP contribution is 2.35. The van der Waals surface area contributed by atoms with Crippen LogP contribution < -0.4 is 10.6 Å². The minimum Gasteiger partial charge on any atom is -0.451 e. The molecule has 2 aliphatic rings. The molecule has 23 heavy (non-hydrogen) atoms. The van der Waals surface area contributed by atoms with Gasteiger partial charge >= 0.3 is 0 Å². The lowest BCUT2D eigenvalue weighted by Gasteiger charge is -2.20. The van der Waals surface area contributed by atoms with Gasteiger partial charge in [0.2, 0.25) is 0 Å². The lowest BCUT2D eigenvalue weighted by Crippen LogP contribution is -2.42. The smallest absolute Gasteiger partial charge is 0.287 e. The predicted molar refractivity (Wildman–Crippen MR) is 90.0 cm³/mol. The molecular formula is C17H16Cl2N2O2. The van der Waals surface area contributed by atoms with E-state index >= 15 is 0 Å². The Balaban J connectivity index is 1.52. The maximum Gasteiger partial charge on any atom is 0.287 e. The standard InChI is InChI=1S/C17H16Cl2N2O2/c18-10-2-1-3-11(19)16(10)14-6-7-15(23-14)17(22)21-13-8-9-4-5-12(13)20-9/h1-3,6-7,9,12-13,20H,4-5,8H2,(H,21,22). The molecule has 3 heterocycles. The third-order valence-corrected chi connectivity index (χ3v) is 5.29. The Hall–Kier alpha value is -1.49. The summed E-state index contributed by atoms with van der Waals surface area (Å²) < 4.78 is 5.68. The molecule has 3 unspecified atom stereocenters. The topological polar surface area (TPSA) is 54.3 Å². The summed E-state index contributed by atoms with van der Waals surface area (Å²) in [5.74, 6) is 0.578. The Kier molecular flexibility index (Phi) is 3.84. The van der Waals surface area contributed by atoms with Crippen molar-refractivity contribution in [3.05, 3.63) is 46.1 Å². The highest BCUT2D eigenvalue weighted by Gasteiger charge is 2.40. The molecule has 4 nitrogen and oxygen atoms in total. The van der Waals surface area contributed by atoms with E-state index in [1.54, 1.807) is 30.3 Å². The molecule has 0 saturated carbocycles. The van der Waals surface area contributed by atoms with Crippen LogP contribution in [0.3, 0.4) is 0 Å². The first-order valence-corrected chi connectivity index (χ1v) is 8.48. The molecule has 1 amide bonds. The van der Waals surface area contributed by atoms with Gasteiger partial charge in [-0.25, -0.2) is 0 Å². The molecule has 4 rings (SSSR count). The van der Waals surface area contributed by atoms with Gasteiger partial charge in [0.15, 0.2) is 5.76 Å². The van der Waals surface area contributed by atoms with E-state index in [1.165, 1.54) is 6.42 Å². The van der Waals surface area contributed by atoms with Crippen LogP contribution >= 0.6 is 23.2 Å². The zero-order valence-corrected chi connectivity index (χ0v) is 13.8. The van der Waals surface area contributed by atoms with Gasteiger partial charge in [-0.3, -0.25) is 4.79 Å². The fourth-order valence-corrected chi connectivity index (χ4v) is 4.13. The summed E-state index contributed by atoms with van der Waals surface area (Å²) in [5.41, 5.74) is 0.608. The molecule has 2 N–H and O–H groups in total. The maximum absolute atomic E-state index is 12.4. The number of rotatable bonds is 3. The molecule has 1 aromatic heterocycles. The molecule has 2 bridgehead atoms. The Morgan fingerprint density at radius 3 is 2.61 bits per heavy atom. The van der Waals surface area contributed by atoms with Gasteiger partial charge in [0.1, 0.15) is 5.76 Å². The number of furan rings is 1. The fraction of sp³-hybridized carbons (Fsp3) is 0.353. The average Bonchev–Trinajstić information content (AvgIpc) is 3.23. The fourth-order valence-electron chi connectivity index (χ4n) is 3.55. The van der Waals surface area contributed by atoms with Crippen molar-refractivity contribution in [1.29, 1.82) is 0 Å². The minimum absolute atomic E-state index is 0.179. The van der Waals surface area contributed by atoms with Crippen LogP contribution in [0.1, 0.15) is 29.8 Å². The second-order valence-corrected chi connectivity index (χ2v) is 6.94. The van der Waals surface area contributed by atoms with Crippen LogP contribution in [0.15, 0.2) is 34.7 Å². The Labute approximate surface area is 144 Å². The third-order valence-electron chi connectivity index (χ3n) is 4.66. The van der Waals surface area contributed by atoms with E-state index in [1.807, 2.05) is 0 Å². The van der Waals surface area contributed by atoms with Crippen LogP contribution in [0, 0.1) is 0 Å². The van der Waals surface area contributed by atoms with Gasteiger partial charge < -0.3 is 15.1 Å². The lowest BCUT2D eigenvalue weighted by molar-refractivity contribution is 0.0903. The summed E-state index contributed by atoms with van der Waals surface area (Å²) in [5, 5.41) is 7.55. The molecule has 2 saturated heterocycles. The molecular weight excluding hydrogens is 335 g/mol. The molecule has 0 spiro atoms. The van der Waals surface area contributed by atoms with Gasteiger partial charge in [-0.1, -0.05) is 29.3 Å². The normalized spacial score (nSPS) is 25.7. The van der Waals surface area contributed by atoms with Gasteiger partial charge in [-0.05, 0) is 43.5 Å². The third kappa shape index (κ3) is 2.75. The number of halogens is 2. The van der Waals surface area contributed by atoms with Crippen LogP contribution in [0.2, 0.25) is 10.0 Å². The van der Waals surface area contributed by atoms with Crippen molar-refractivity contribution < 1.29 is 9.21 Å². The summed E-state index contributed by atoms with van der Waals surface area (Å²) in [6, 6.07) is 9.74. The van der Waals surface area contributed by atoms with E-state index in [-0.39, 0.29) is 17.7 Å². The molecule has 0 radical (unpaired) electrons. The molecule has 1 aromatic carbocycles. The monoisotopic (exact) mass is 350 g/mol.